The number of amides is 2. The number of urea groups is 1. The number of hydrogen-bond donors (Lipinski definition) is 1. The fourth-order valence-electron chi connectivity index (χ4n) is 3.37. The van der Waals surface area contributed by atoms with Crippen LogP contribution in [0, 0.1) is 11.8 Å². The molecule has 1 N–H and O–H groups in total. The van der Waals surface area contributed by atoms with Gasteiger partial charge in [0.05, 0.1) is 12.2 Å². The van der Waals surface area contributed by atoms with Gasteiger partial charge in [0.1, 0.15) is 5.69 Å². The third kappa shape index (κ3) is 3.84. The molecule has 0 radical (unpaired) electrons. The van der Waals surface area contributed by atoms with Crippen LogP contribution >= 0.6 is 0 Å². The van der Waals surface area contributed by atoms with Crippen molar-refractivity contribution in [3.8, 4) is 11.8 Å². The summed E-state index contributed by atoms with van der Waals surface area (Å²) in [5.41, 5.74) is 3.77. The number of nitrogens with one attached hydrogen (secondary N) is 1. The van der Waals surface area contributed by atoms with Gasteiger partial charge >= 0.3 is 6.03 Å². The van der Waals surface area contributed by atoms with Gasteiger partial charge < -0.3 is 5.32 Å². The Balaban J connectivity index is 1.33. The largest absolute Gasteiger partial charge is 0.342 e. The lowest BCUT2D eigenvalue weighted by atomic mass is 10.1. The number of fused-ring (bicyclic) bond motifs is 1. The van der Waals surface area contributed by atoms with Gasteiger partial charge in [-0.15, -0.1) is 0 Å². The Bertz CT molecular complexity index is 1330. The van der Waals surface area contributed by atoms with Gasteiger partial charge in [-0.05, 0) is 47.9 Å². The van der Waals surface area contributed by atoms with E-state index in [1.54, 1.807) is 35.5 Å². The highest BCUT2D eigenvalue weighted by molar-refractivity contribution is 5.91. The molecule has 5 rings (SSSR count). The van der Waals surface area contributed by atoms with E-state index in [1.807, 2.05) is 48.5 Å². The highest BCUT2D eigenvalue weighted by atomic mass is 16.2. The first kappa shape index (κ1) is 18.5. The number of rotatable bonds is 2. The van der Waals surface area contributed by atoms with E-state index in [0.29, 0.717) is 17.8 Å². The molecule has 0 saturated carbocycles. The summed E-state index contributed by atoms with van der Waals surface area (Å²) in [6, 6.07) is 14.4. The van der Waals surface area contributed by atoms with Crippen LogP contribution in [-0.4, -0.2) is 36.8 Å². The Morgan fingerprint density at radius 1 is 1.06 bits per heavy atom. The number of pyridine rings is 1. The van der Waals surface area contributed by atoms with Crippen LogP contribution in [0.2, 0.25) is 0 Å². The van der Waals surface area contributed by atoms with Crippen molar-refractivity contribution in [1.82, 2.24) is 24.6 Å². The third-order valence-corrected chi connectivity index (χ3v) is 4.83. The molecule has 31 heavy (non-hydrogen) atoms. The van der Waals surface area contributed by atoms with Gasteiger partial charge in [-0.3, -0.25) is 4.98 Å². The van der Waals surface area contributed by atoms with Crippen LogP contribution < -0.4 is 5.32 Å². The van der Waals surface area contributed by atoms with Crippen molar-refractivity contribution >= 4 is 23.6 Å². The number of carbonyl (C=O) groups is 1. The SMILES string of the molecule is O=C(Nc1cccc(C#Cc2cnc3cccnn23)c1)N1N=CCC1c1cccnc1. The fraction of sp³-hybridized carbons (Fsp3) is 0.0870. The summed E-state index contributed by atoms with van der Waals surface area (Å²) in [6.45, 7) is 0. The van der Waals surface area contributed by atoms with Crippen molar-refractivity contribution in [3.63, 3.8) is 0 Å². The number of aromatic nitrogens is 4. The molecule has 0 aliphatic carbocycles. The topological polar surface area (TPSA) is 87.8 Å². The lowest BCUT2D eigenvalue weighted by Gasteiger charge is -2.22. The summed E-state index contributed by atoms with van der Waals surface area (Å²) in [5.74, 6) is 6.19. The number of imidazole rings is 1. The Hall–Kier alpha value is -4.51. The Labute approximate surface area is 178 Å². The van der Waals surface area contributed by atoms with E-state index in [4.69, 9.17) is 0 Å². The quantitative estimate of drug-likeness (QED) is 0.515. The molecule has 1 aliphatic heterocycles. The maximum absolute atomic E-state index is 12.8. The van der Waals surface area contributed by atoms with Gasteiger partial charge in [-0.25, -0.2) is 19.3 Å². The molecule has 0 saturated heterocycles. The first-order valence-corrected chi connectivity index (χ1v) is 9.71. The van der Waals surface area contributed by atoms with E-state index in [2.05, 4.69) is 37.3 Å². The van der Waals surface area contributed by atoms with Crippen molar-refractivity contribution < 1.29 is 4.79 Å². The maximum Gasteiger partial charge on any atom is 0.342 e. The molecule has 2 amide bonds. The second-order valence-electron chi connectivity index (χ2n) is 6.88. The highest BCUT2D eigenvalue weighted by Crippen LogP contribution is 2.28. The second kappa shape index (κ2) is 8.08. The molecule has 8 nitrogen and oxygen atoms in total. The monoisotopic (exact) mass is 407 g/mol. The van der Waals surface area contributed by atoms with E-state index >= 15 is 0 Å². The smallest absolute Gasteiger partial charge is 0.306 e. The van der Waals surface area contributed by atoms with Gasteiger partial charge in [-0.1, -0.05) is 18.1 Å². The van der Waals surface area contributed by atoms with E-state index in [-0.39, 0.29) is 12.1 Å². The Morgan fingerprint density at radius 2 is 2.00 bits per heavy atom. The van der Waals surface area contributed by atoms with Crippen LogP contribution in [-0.2, 0) is 0 Å². The molecule has 1 unspecified atom stereocenters. The van der Waals surface area contributed by atoms with Crippen LogP contribution in [0.4, 0.5) is 10.5 Å². The van der Waals surface area contributed by atoms with Gasteiger partial charge in [0.15, 0.2) is 5.65 Å². The van der Waals surface area contributed by atoms with Crippen LogP contribution in [0.1, 0.15) is 29.3 Å². The Morgan fingerprint density at radius 3 is 2.90 bits per heavy atom. The van der Waals surface area contributed by atoms with Crippen molar-refractivity contribution in [2.24, 2.45) is 5.10 Å². The summed E-state index contributed by atoms with van der Waals surface area (Å²) < 4.78 is 1.68. The fourth-order valence-corrected chi connectivity index (χ4v) is 3.37. The standard InChI is InChI=1S/C23H17N7O/c31-23(30-21(10-13-27-30)18-5-2-11-24-15-18)28-19-6-1-4-17(14-19)8-9-20-16-25-22-7-3-12-26-29(20)22/h1-7,11-16,21H,10H2,(H,28,31). The number of hydrazone groups is 1. The van der Waals surface area contributed by atoms with Crippen molar-refractivity contribution in [1.29, 1.82) is 0 Å². The minimum Gasteiger partial charge on any atom is -0.306 e. The number of carbonyl (C=O) groups excluding carboxylic acids is 1. The molecule has 0 fully saturated rings. The zero-order valence-electron chi connectivity index (χ0n) is 16.4. The predicted octanol–water partition coefficient (Wildman–Crippen LogP) is 3.49. The molecule has 4 heterocycles. The summed E-state index contributed by atoms with van der Waals surface area (Å²) >= 11 is 0. The number of anilines is 1. The number of nitrogens with zero attached hydrogens (tertiary/aromatic N) is 6. The highest BCUT2D eigenvalue weighted by Gasteiger charge is 2.28. The van der Waals surface area contributed by atoms with Crippen LogP contribution in [0.5, 0.6) is 0 Å². The molecule has 1 aliphatic rings. The summed E-state index contributed by atoms with van der Waals surface area (Å²) in [5, 5.41) is 12.8. The zero-order chi connectivity index (χ0) is 21.0. The number of hydrogen-bond acceptors (Lipinski definition) is 5. The molecule has 8 heteroatoms. The zero-order valence-corrected chi connectivity index (χ0v) is 16.4. The second-order valence-corrected chi connectivity index (χ2v) is 6.88. The molecular formula is C23H17N7O. The predicted molar refractivity (Wildman–Crippen MR) is 116 cm³/mol. The normalized spacial score (nSPS) is 15.0. The van der Waals surface area contributed by atoms with E-state index in [1.165, 1.54) is 5.01 Å². The van der Waals surface area contributed by atoms with Crippen molar-refractivity contribution in [2.75, 3.05) is 5.32 Å². The van der Waals surface area contributed by atoms with Crippen LogP contribution in [0.15, 0.2) is 78.4 Å². The molecular weight excluding hydrogens is 390 g/mol. The minimum atomic E-state index is -0.307. The van der Waals surface area contributed by atoms with E-state index < -0.39 is 0 Å². The molecule has 1 atom stereocenters. The van der Waals surface area contributed by atoms with Gasteiger partial charge in [0.25, 0.3) is 0 Å². The van der Waals surface area contributed by atoms with Gasteiger partial charge in [0.2, 0.25) is 0 Å². The first-order chi connectivity index (χ1) is 15.3. The molecule has 3 aromatic heterocycles. The van der Waals surface area contributed by atoms with Crippen LogP contribution in [0.25, 0.3) is 5.65 Å². The lowest BCUT2D eigenvalue weighted by molar-refractivity contribution is 0.200. The molecule has 150 valence electrons. The van der Waals surface area contributed by atoms with E-state index in [9.17, 15) is 4.79 Å². The molecule has 0 spiro atoms. The lowest BCUT2D eigenvalue weighted by Crippen LogP contribution is -2.31. The summed E-state index contributed by atoms with van der Waals surface area (Å²) in [4.78, 5) is 21.2. The van der Waals surface area contributed by atoms with Gasteiger partial charge in [0, 0.05) is 42.5 Å². The van der Waals surface area contributed by atoms with Crippen molar-refractivity contribution in [3.05, 3.63) is 90.1 Å². The summed E-state index contributed by atoms with van der Waals surface area (Å²) in [7, 11) is 0. The average Bonchev–Trinajstić information content (AvgIpc) is 3.46. The molecule has 4 aromatic rings. The molecule has 0 bridgehead atoms. The maximum atomic E-state index is 12.8. The third-order valence-electron chi connectivity index (χ3n) is 4.83. The minimum absolute atomic E-state index is 0.167. The number of benzene rings is 1. The Kier molecular flexibility index (Phi) is 4.83. The first-order valence-electron chi connectivity index (χ1n) is 9.71. The summed E-state index contributed by atoms with van der Waals surface area (Å²) in [6.07, 6.45) is 9.23. The van der Waals surface area contributed by atoms with Crippen LogP contribution in [0.3, 0.4) is 0 Å². The average molecular weight is 407 g/mol. The van der Waals surface area contributed by atoms with Gasteiger partial charge in [-0.2, -0.15) is 10.2 Å². The molecule has 1 aromatic carbocycles. The van der Waals surface area contributed by atoms with E-state index in [0.717, 1.165) is 16.8 Å². The van der Waals surface area contributed by atoms with Crippen molar-refractivity contribution in [2.45, 2.75) is 12.5 Å².